The van der Waals surface area contributed by atoms with E-state index < -0.39 is 51.0 Å². The van der Waals surface area contributed by atoms with E-state index in [-0.39, 0.29) is 11.3 Å². The number of alkyl halides is 3. The first-order valence-electron chi connectivity index (χ1n) is 8.30. The zero-order valence-electron chi connectivity index (χ0n) is 16.7. The summed E-state index contributed by atoms with van der Waals surface area (Å²) in [7, 11) is 0. The Kier molecular flexibility index (Phi) is 7.17. The molecule has 0 unspecified atom stereocenters. The molecule has 0 saturated heterocycles. The van der Waals surface area contributed by atoms with Crippen molar-refractivity contribution in [3.8, 4) is 5.75 Å². The Hall–Kier alpha value is -1.81. The Labute approximate surface area is 164 Å². The molecule has 0 bridgehead atoms. The molecular weight excluding hydrogens is 400 g/mol. The predicted molar refractivity (Wildman–Crippen MR) is 100 cm³/mol. The third kappa shape index (κ3) is 6.97. The molecule has 1 aromatic carbocycles. The first kappa shape index (κ1) is 24.2. The lowest BCUT2D eigenvalue weighted by atomic mass is 10.1. The quantitative estimate of drug-likeness (QED) is 0.421. The average molecular weight is 424 g/mol. The fourth-order valence-electron chi connectivity index (χ4n) is 1.83. The highest BCUT2D eigenvalue weighted by molar-refractivity contribution is 7.91. The van der Waals surface area contributed by atoms with Gasteiger partial charge in [0.1, 0.15) is 16.1 Å². The van der Waals surface area contributed by atoms with Crippen LogP contribution < -0.4 is 10.1 Å². The molecule has 1 aromatic rings. The number of benzene rings is 1. The van der Waals surface area contributed by atoms with Gasteiger partial charge in [-0.1, -0.05) is 4.40 Å². The molecule has 0 aliphatic carbocycles. The van der Waals surface area contributed by atoms with E-state index in [0.29, 0.717) is 6.07 Å². The summed E-state index contributed by atoms with van der Waals surface area (Å²) in [5.41, 5.74) is -2.52. The molecule has 0 fully saturated rings. The summed E-state index contributed by atoms with van der Waals surface area (Å²) in [6.07, 6.45) is -6.13. The van der Waals surface area contributed by atoms with E-state index in [2.05, 4.69) is 9.71 Å². The van der Waals surface area contributed by atoms with Crippen LogP contribution in [0.1, 0.15) is 59.6 Å². The van der Waals surface area contributed by atoms with Crippen LogP contribution in [0.4, 0.5) is 22.4 Å². The van der Waals surface area contributed by atoms with Gasteiger partial charge >= 0.3 is 12.3 Å². The summed E-state index contributed by atoms with van der Waals surface area (Å²) in [5, 5.41) is 2.37. The summed E-state index contributed by atoms with van der Waals surface area (Å²) in [5.74, 6) is -2.62. The second kappa shape index (κ2) is 8.28. The smallest absolute Gasteiger partial charge is 0.419 e. The monoisotopic (exact) mass is 424 g/mol. The number of carbonyl (C=O) groups excluding carboxylic acids is 1. The van der Waals surface area contributed by atoms with E-state index in [4.69, 9.17) is 4.74 Å². The zero-order chi connectivity index (χ0) is 22.1. The Morgan fingerprint density at radius 2 is 1.68 bits per heavy atom. The second-order valence-corrected chi connectivity index (χ2v) is 10.0. The van der Waals surface area contributed by atoms with Gasteiger partial charge in [0.2, 0.25) is 0 Å². The van der Waals surface area contributed by atoms with Gasteiger partial charge in [0.25, 0.3) is 0 Å². The Morgan fingerprint density at radius 3 is 2.11 bits per heavy atom. The molecule has 10 heteroatoms. The van der Waals surface area contributed by atoms with E-state index in [1.165, 1.54) is 6.92 Å². The zero-order valence-corrected chi connectivity index (χ0v) is 17.6. The fourth-order valence-corrected chi connectivity index (χ4v) is 2.46. The molecule has 0 saturated carbocycles. The van der Waals surface area contributed by atoms with Crippen molar-refractivity contribution < 1.29 is 31.6 Å². The molecule has 158 valence electrons. The number of carbonyl (C=O) groups is 1. The van der Waals surface area contributed by atoms with Crippen molar-refractivity contribution in [1.82, 2.24) is 5.32 Å². The minimum absolute atomic E-state index is 0.0140. The van der Waals surface area contributed by atoms with Crippen molar-refractivity contribution in [3.63, 3.8) is 0 Å². The minimum atomic E-state index is -5.03. The van der Waals surface area contributed by atoms with Crippen LogP contribution >= 0.6 is 0 Å². The lowest BCUT2D eigenvalue weighted by Gasteiger charge is -2.21. The summed E-state index contributed by atoms with van der Waals surface area (Å²) >= 11 is -1.74. The Morgan fingerprint density at radius 1 is 1.14 bits per heavy atom. The van der Waals surface area contributed by atoms with Gasteiger partial charge in [-0.3, -0.25) is 0 Å². The number of hydrogen-bond donors (Lipinski definition) is 1. The minimum Gasteiger partial charge on any atom is -0.591 e. The molecule has 0 radical (unpaired) electrons. The standard InChI is InChI=1S/C18H24F4N2O3S/c1-10(24-28(26)17(5,6)7)11-8-12(18(20,21)22)14(19)13(9-11)27-15(25)23-16(2,3)4/h8-9H,1-7H3,(H,23,25)/t28-/m1/s1. The van der Waals surface area contributed by atoms with Gasteiger partial charge in [-0.25, -0.2) is 9.18 Å². The van der Waals surface area contributed by atoms with Crippen molar-refractivity contribution in [2.75, 3.05) is 0 Å². The Balaban J connectivity index is 3.44. The molecule has 0 spiro atoms. The molecule has 0 heterocycles. The van der Waals surface area contributed by atoms with Gasteiger partial charge in [0, 0.05) is 11.1 Å². The van der Waals surface area contributed by atoms with Crippen LogP contribution in [0.5, 0.6) is 5.75 Å². The van der Waals surface area contributed by atoms with Crippen LogP contribution in [-0.2, 0) is 17.5 Å². The van der Waals surface area contributed by atoms with E-state index in [1.807, 2.05) is 0 Å². The largest absolute Gasteiger partial charge is 0.591 e. The van der Waals surface area contributed by atoms with Crippen molar-refractivity contribution in [2.24, 2.45) is 4.40 Å². The van der Waals surface area contributed by atoms with Crippen LogP contribution in [0, 0.1) is 5.82 Å². The van der Waals surface area contributed by atoms with Gasteiger partial charge < -0.3 is 14.6 Å². The van der Waals surface area contributed by atoms with E-state index >= 15 is 0 Å². The first-order chi connectivity index (χ1) is 12.4. The maximum Gasteiger partial charge on any atom is 0.419 e. The molecule has 1 atom stereocenters. The second-order valence-electron chi connectivity index (χ2n) is 8.14. The third-order valence-electron chi connectivity index (χ3n) is 3.19. The highest BCUT2D eigenvalue weighted by atomic mass is 32.2. The topological polar surface area (TPSA) is 73.8 Å². The summed E-state index contributed by atoms with van der Waals surface area (Å²) < 4.78 is 74.1. The highest BCUT2D eigenvalue weighted by Crippen LogP contribution is 2.36. The molecule has 1 rings (SSSR count). The summed E-state index contributed by atoms with van der Waals surface area (Å²) in [6.45, 7) is 11.2. The third-order valence-corrected chi connectivity index (χ3v) is 4.67. The lowest BCUT2D eigenvalue weighted by Crippen LogP contribution is -2.42. The van der Waals surface area contributed by atoms with E-state index in [0.717, 1.165) is 6.07 Å². The number of rotatable bonds is 3. The molecule has 1 amide bonds. The number of ether oxygens (including phenoxy) is 1. The lowest BCUT2D eigenvalue weighted by molar-refractivity contribution is -0.140. The van der Waals surface area contributed by atoms with Gasteiger partial charge in [-0.05, 0) is 60.6 Å². The van der Waals surface area contributed by atoms with Gasteiger partial charge in [-0.2, -0.15) is 13.2 Å². The molecule has 1 N–H and O–H groups in total. The van der Waals surface area contributed by atoms with Crippen LogP contribution in [0.2, 0.25) is 0 Å². The van der Waals surface area contributed by atoms with E-state index in [9.17, 15) is 26.9 Å². The molecule has 0 aliphatic heterocycles. The number of halogens is 4. The summed E-state index contributed by atoms with van der Waals surface area (Å²) in [6, 6.07) is 1.47. The van der Waals surface area contributed by atoms with Crippen molar-refractivity contribution in [3.05, 3.63) is 29.1 Å². The number of amides is 1. The molecule has 0 aromatic heterocycles. The number of nitrogens with one attached hydrogen (secondary N) is 1. The predicted octanol–water partition coefficient (Wildman–Crippen LogP) is 5.00. The van der Waals surface area contributed by atoms with Crippen LogP contribution in [0.25, 0.3) is 0 Å². The van der Waals surface area contributed by atoms with E-state index in [1.54, 1.807) is 41.5 Å². The first-order valence-corrected chi connectivity index (χ1v) is 9.41. The van der Waals surface area contributed by atoms with Crippen molar-refractivity contribution in [2.45, 2.75) is 64.9 Å². The van der Waals surface area contributed by atoms with Crippen molar-refractivity contribution >= 4 is 23.2 Å². The molecular formula is C18H24F4N2O3S. The highest BCUT2D eigenvalue weighted by Gasteiger charge is 2.37. The Bertz CT molecular complexity index is 766. The molecule has 5 nitrogen and oxygen atoms in total. The van der Waals surface area contributed by atoms with Crippen LogP contribution in [-0.4, -0.2) is 26.6 Å². The molecule has 28 heavy (non-hydrogen) atoms. The summed E-state index contributed by atoms with van der Waals surface area (Å²) in [4.78, 5) is 11.9. The maximum absolute atomic E-state index is 14.3. The molecule has 0 aliphatic rings. The maximum atomic E-state index is 14.3. The number of nitrogens with zero attached hydrogens (tertiary/aromatic N) is 1. The van der Waals surface area contributed by atoms with Gasteiger partial charge in [-0.15, -0.1) is 0 Å². The average Bonchev–Trinajstić information content (AvgIpc) is 2.44. The fraction of sp³-hybridized carbons (Fsp3) is 0.556. The SMILES string of the molecule is CC(=N[S@+]([O-])C(C)(C)C)c1cc(OC(=O)NC(C)(C)C)c(F)c(C(F)(F)F)c1. The van der Waals surface area contributed by atoms with Crippen molar-refractivity contribution in [1.29, 1.82) is 0 Å². The van der Waals surface area contributed by atoms with Crippen LogP contribution in [0.3, 0.4) is 0 Å². The van der Waals surface area contributed by atoms with Crippen LogP contribution in [0.15, 0.2) is 16.5 Å². The number of hydrogen-bond acceptors (Lipinski definition) is 4. The normalized spacial score (nSPS) is 14.6. The van der Waals surface area contributed by atoms with Gasteiger partial charge in [0.15, 0.2) is 11.6 Å². The van der Waals surface area contributed by atoms with Gasteiger partial charge in [0.05, 0.1) is 11.3 Å².